The van der Waals surface area contributed by atoms with Gasteiger partial charge in [-0.2, -0.15) is 0 Å². The number of nitrogens with one attached hydrogen (secondary N) is 3. The van der Waals surface area contributed by atoms with Crippen LogP contribution in [0.25, 0.3) is 10.9 Å². The maximum atomic E-state index is 12.0. The fraction of sp³-hybridized carbons (Fsp3) is 0.167. The molecule has 2 amide bonds. The van der Waals surface area contributed by atoms with Gasteiger partial charge in [-0.05, 0) is 37.1 Å². The van der Waals surface area contributed by atoms with Crippen molar-refractivity contribution >= 4 is 40.1 Å². The summed E-state index contributed by atoms with van der Waals surface area (Å²) in [4.78, 5) is 31.1. The summed E-state index contributed by atoms with van der Waals surface area (Å²) >= 11 is 5.73. The molecule has 0 aliphatic rings. The molecule has 0 aliphatic carbocycles. The first kappa shape index (κ1) is 17.0. The van der Waals surface area contributed by atoms with E-state index in [4.69, 9.17) is 11.6 Å². The number of hydrogen-bond donors (Lipinski definition) is 3. The van der Waals surface area contributed by atoms with Gasteiger partial charge in [0, 0.05) is 29.3 Å². The summed E-state index contributed by atoms with van der Waals surface area (Å²) in [5.74, 6) is -1.20. The third-order valence-corrected chi connectivity index (χ3v) is 3.98. The van der Waals surface area contributed by atoms with Gasteiger partial charge in [0.1, 0.15) is 5.82 Å². The summed E-state index contributed by atoms with van der Waals surface area (Å²) in [5, 5.41) is 6.69. The number of carbonyl (C=O) groups excluding carboxylic acids is 2. The van der Waals surface area contributed by atoms with Crippen molar-refractivity contribution in [2.45, 2.75) is 19.4 Å². The van der Waals surface area contributed by atoms with Gasteiger partial charge < -0.3 is 15.6 Å². The van der Waals surface area contributed by atoms with Crippen LogP contribution < -0.4 is 10.6 Å². The van der Waals surface area contributed by atoms with Gasteiger partial charge in [-0.3, -0.25) is 9.59 Å². The Balaban J connectivity index is 1.58. The van der Waals surface area contributed by atoms with E-state index in [0.29, 0.717) is 11.4 Å². The van der Waals surface area contributed by atoms with Crippen LogP contribution in [0.2, 0.25) is 5.02 Å². The highest BCUT2D eigenvalue weighted by Gasteiger charge is 2.17. The molecule has 128 valence electrons. The van der Waals surface area contributed by atoms with Crippen molar-refractivity contribution in [2.24, 2.45) is 0 Å². The van der Waals surface area contributed by atoms with Gasteiger partial charge in [0.15, 0.2) is 0 Å². The number of para-hydroxylation sites is 1. The van der Waals surface area contributed by atoms with Crippen molar-refractivity contribution < 1.29 is 9.59 Å². The molecule has 0 unspecified atom stereocenters. The van der Waals surface area contributed by atoms with Crippen LogP contribution in [0.15, 0.2) is 48.8 Å². The number of H-pyrrole nitrogens is 1. The monoisotopic (exact) mass is 356 g/mol. The highest BCUT2D eigenvalue weighted by atomic mass is 35.5. The fourth-order valence-corrected chi connectivity index (χ4v) is 2.71. The third-order valence-electron chi connectivity index (χ3n) is 3.75. The lowest BCUT2D eigenvalue weighted by molar-refractivity contribution is -0.136. The second-order valence-electron chi connectivity index (χ2n) is 5.75. The van der Waals surface area contributed by atoms with Crippen molar-refractivity contribution in [3.05, 3.63) is 59.4 Å². The van der Waals surface area contributed by atoms with Gasteiger partial charge in [-0.1, -0.05) is 29.8 Å². The molecular weight excluding hydrogens is 340 g/mol. The minimum Gasteiger partial charge on any atom is -0.361 e. The van der Waals surface area contributed by atoms with E-state index in [1.165, 1.54) is 12.3 Å². The highest BCUT2D eigenvalue weighted by molar-refractivity contribution is 6.39. The van der Waals surface area contributed by atoms with E-state index < -0.39 is 11.8 Å². The lowest BCUT2D eigenvalue weighted by atomic mass is 10.1. The SMILES string of the molecule is C[C@H](Cc1c[nH]c2ccccc12)NC(=O)C(=O)Nc1ccc(Cl)cn1. The van der Waals surface area contributed by atoms with Crippen LogP contribution in [-0.4, -0.2) is 27.8 Å². The Bertz CT molecular complexity index is 905. The van der Waals surface area contributed by atoms with Crippen molar-refractivity contribution in [3.63, 3.8) is 0 Å². The van der Waals surface area contributed by atoms with Crippen LogP contribution in [0.1, 0.15) is 12.5 Å². The number of aromatic amines is 1. The van der Waals surface area contributed by atoms with E-state index in [-0.39, 0.29) is 11.9 Å². The summed E-state index contributed by atoms with van der Waals surface area (Å²) in [6, 6.07) is 10.9. The van der Waals surface area contributed by atoms with E-state index in [9.17, 15) is 9.59 Å². The van der Waals surface area contributed by atoms with Crippen molar-refractivity contribution in [3.8, 4) is 0 Å². The van der Waals surface area contributed by atoms with Crippen LogP contribution in [-0.2, 0) is 16.0 Å². The first-order valence-electron chi connectivity index (χ1n) is 7.81. The first-order chi connectivity index (χ1) is 12.0. The number of anilines is 1. The Hall–Kier alpha value is -2.86. The average Bonchev–Trinajstić information content (AvgIpc) is 3.00. The lowest BCUT2D eigenvalue weighted by Crippen LogP contribution is -2.41. The number of fused-ring (bicyclic) bond motifs is 1. The van der Waals surface area contributed by atoms with E-state index in [1.54, 1.807) is 6.07 Å². The highest BCUT2D eigenvalue weighted by Crippen LogP contribution is 2.19. The zero-order valence-electron chi connectivity index (χ0n) is 13.5. The second kappa shape index (κ2) is 7.36. The lowest BCUT2D eigenvalue weighted by Gasteiger charge is -2.13. The van der Waals surface area contributed by atoms with Crippen LogP contribution in [0.5, 0.6) is 0 Å². The van der Waals surface area contributed by atoms with E-state index in [0.717, 1.165) is 16.5 Å². The molecule has 0 saturated heterocycles. The molecule has 3 rings (SSSR count). The second-order valence-corrected chi connectivity index (χ2v) is 6.19. The summed E-state index contributed by atoms with van der Waals surface area (Å²) in [6.07, 6.45) is 3.93. The molecular formula is C18H17ClN4O2. The van der Waals surface area contributed by atoms with Gasteiger partial charge in [0.05, 0.1) is 5.02 Å². The van der Waals surface area contributed by atoms with Gasteiger partial charge in [0.25, 0.3) is 0 Å². The molecule has 1 aromatic carbocycles. The molecule has 3 N–H and O–H groups in total. The third kappa shape index (κ3) is 4.16. The van der Waals surface area contributed by atoms with Gasteiger partial charge >= 0.3 is 11.8 Å². The topological polar surface area (TPSA) is 86.9 Å². The maximum Gasteiger partial charge on any atom is 0.314 e. The van der Waals surface area contributed by atoms with Gasteiger partial charge in [-0.25, -0.2) is 4.98 Å². The number of pyridine rings is 1. The Labute approximate surface area is 149 Å². The van der Waals surface area contributed by atoms with Crippen LogP contribution in [0.3, 0.4) is 0 Å². The quantitative estimate of drug-likeness (QED) is 0.628. The number of nitrogens with zero attached hydrogens (tertiary/aromatic N) is 1. The smallest absolute Gasteiger partial charge is 0.314 e. The molecule has 0 saturated carbocycles. The zero-order valence-corrected chi connectivity index (χ0v) is 14.3. The minimum atomic E-state index is -0.763. The zero-order chi connectivity index (χ0) is 17.8. The van der Waals surface area contributed by atoms with Crippen LogP contribution in [0.4, 0.5) is 5.82 Å². The number of benzene rings is 1. The van der Waals surface area contributed by atoms with Crippen molar-refractivity contribution in [1.82, 2.24) is 15.3 Å². The number of hydrogen-bond acceptors (Lipinski definition) is 3. The molecule has 0 spiro atoms. The van der Waals surface area contributed by atoms with Crippen LogP contribution >= 0.6 is 11.6 Å². The molecule has 0 radical (unpaired) electrons. The molecule has 25 heavy (non-hydrogen) atoms. The maximum absolute atomic E-state index is 12.0. The summed E-state index contributed by atoms with van der Waals surface area (Å²) in [7, 11) is 0. The number of carbonyl (C=O) groups is 2. The predicted octanol–water partition coefficient (Wildman–Crippen LogP) is 2.90. The molecule has 7 heteroatoms. The van der Waals surface area contributed by atoms with E-state index in [2.05, 4.69) is 20.6 Å². The molecule has 6 nitrogen and oxygen atoms in total. The Kier molecular flexibility index (Phi) is 5.00. The standard InChI is InChI=1S/C18H17ClN4O2/c1-11(8-12-9-20-15-5-3-2-4-14(12)15)22-17(24)18(25)23-16-7-6-13(19)10-21-16/h2-7,9-11,20H,8H2,1H3,(H,22,24)(H,21,23,25)/t11-/m1/s1. The summed E-state index contributed by atoms with van der Waals surface area (Å²) in [5.41, 5.74) is 2.13. The number of amides is 2. The summed E-state index contributed by atoms with van der Waals surface area (Å²) in [6.45, 7) is 1.85. The molecule has 2 aromatic heterocycles. The Morgan fingerprint density at radius 1 is 1.20 bits per heavy atom. The van der Waals surface area contributed by atoms with Crippen molar-refractivity contribution in [2.75, 3.05) is 5.32 Å². The fourth-order valence-electron chi connectivity index (χ4n) is 2.59. The minimum absolute atomic E-state index is 0.198. The van der Waals surface area contributed by atoms with Crippen LogP contribution in [0, 0.1) is 0 Å². The Morgan fingerprint density at radius 3 is 2.76 bits per heavy atom. The molecule has 2 heterocycles. The predicted molar refractivity (Wildman–Crippen MR) is 97.5 cm³/mol. The summed E-state index contributed by atoms with van der Waals surface area (Å²) < 4.78 is 0. The van der Waals surface area contributed by atoms with E-state index >= 15 is 0 Å². The molecule has 0 bridgehead atoms. The first-order valence-corrected chi connectivity index (χ1v) is 8.19. The van der Waals surface area contributed by atoms with Gasteiger partial charge in [0.2, 0.25) is 0 Å². The normalized spacial score (nSPS) is 11.9. The molecule has 0 fully saturated rings. The average molecular weight is 357 g/mol. The van der Waals surface area contributed by atoms with Crippen molar-refractivity contribution in [1.29, 1.82) is 0 Å². The number of halogens is 1. The molecule has 3 aromatic rings. The largest absolute Gasteiger partial charge is 0.361 e. The molecule has 1 atom stereocenters. The van der Waals surface area contributed by atoms with Gasteiger partial charge in [-0.15, -0.1) is 0 Å². The Morgan fingerprint density at radius 2 is 2.00 bits per heavy atom. The number of aromatic nitrogens is 2. The number of rotatable bonds is 4. The molecule has 0 aliphatic heterocycles. The van der Waals surface area contributed by atoms with E-state index in [1.807, 2.05) is 37.4 Å².